The SMILES string of the molecule is Cc1cccc(COc2ccccc2CNc2ncn[nH]2)c1. The second-order valence-corrected chi connectivity index (χ2v) is 5.07. The van der Waals surface area contributed by atoms with E-state index in [0.29, 0.717) is 19.1 Å². The van der Waals surface area contributed by atoms with E-state index in [2.05, 4.69) is 45.6 Å². The molecule has 0 saturated carbocycles. The van der Waals surface area contributed by atoms with Crippen molar-refractivity contribution in [3.63, 3.8) is 0 Å². The van der Waals surface area contributed by atoms with Gasteiger partial charge < -0.3 is 10.1 Å². The summed E-state index contributed by atoms with van der Waals surface area (Å²) in [5.41, 5.74) is 3.48. The summed E-state index contributed by atoms with van der Waals surface area (Å²) in [7, 11) is 0. The van der Waals surface area contributed by atoms with Crippen molar-refractivity contribution < 1.29 is 4.74 Å². The van der Waals surface area contributed by atoms with E-state index in [1.165, 1.54) is 11.9 Å². The van der Waals surface area contributed by atoms with Gasteiger partial charge in [0.05, 0.1) is 0 Å². The van der Waals surface area contributed by atoms with Crippen molar-refractivity contribution in [1.29, 1.82) is 0 Å². The second-order valence-electron chi connectivity index (χ2n) is 5.07. The molecule has 0 saturated heterocycles. The van der Waals surface area contributed by atoms with Crippen LogP contribution in [0.1, 0.15) is 16.7 Å². The molecule has 5 nitrogen and oxygen atoms in total. The van der Waals surface area contributed by atoms with Crippen LogP contribution in [0.25, 0.3) is 0 Å². The van der Waals surface area contributed by atoms with Crippen LogP contribution in [-0.4, -0.2) is 15.2 Å². The molecule has 0 aliphatic rings. The Labute approximate surface area is 129 Å². The van der Waals surface area contributed by atoms with Gasteiger partial charge in [0.1, 0.15) is 18.7 Å². The normalized spacial score (nSPS) is 10.4. The number of ether oxygens (including phenoxy) is 1. The fraction of sp³-hybridized carbons (Fsp3) is 0.176. The number of hydrogen-bond acceptors (Lipinski definition) is 4. The number of aryl methyl sites for hydroxylation is 1. The van der Waals surface area contributed by atoms with Crippen molar-refractivity contribution in [3.8, 4) is 5.75 Å². The maximum Gasteiger partial charge on any atom is 0.218 e. The molecule has 0 unspecified atom stereocenters. The summed E-state index contributed by atoms with van der Waals surface area (Å²) in [6.07, 6.45) is 1.47. The van der Waals surface area contributed by atoms with Crippen LogP contribution in [0.2, 0.25) is 0 Å². The van der Waals surface area contributed by atoms with Gasteiger partial charge in [0.2, 0.25) is 5.95 Å². The van der Waals surface area contributed by atoms with Crippen LogP contribution in [0.3, 0.4) is 0 Å². The van der Waals surface area contributed by atoms with Crippen molar-refractivity contribution in [3.05, 3.63) is 71.5 Å². The smallest absolute Gasteiger partial charge is 0.218 e. The average Bonchev–Trinajstić information content (AvgIpc) is 3.05. The van der Waals surface area contributed by atoms with Crippen molar-refractivity contribution in [2.45, 2.75) is 20.1 Å². The van der Waals surface area contributed by atoms with E-state index >= 15 is 0 Å². The lowest BCUT2D eigenvalue weighted by Gasteiger charge is -2.12. The lowest BCUT2D eigenvalue weighted by molar-refractivity contribution is 0.303. The number of nitrogens with one attached hydrogen (secondary N) is 2. The van der Waals surface area contributed by atoms with E-state index < -0.39 is 0 Å². The monoisotopic (exact) mass is 294 g/mol. The van der Waals surface area contributed by atoms with Gasteiger partial charge in [-0.15, -0.1) is 0 Å². The predicted molar refractivity (Wildman–Crippen MR) is 85.7 cm³/mol. The van der Waals surface area contributed by atoms with E-state index in [-0.39, 0.29) is 0 Å². The van der Waals surface area contributed by atoms with Gasteiger partial charge in [0.25, 0.3) is 0 Å². The zero-order chi connectivity index (χ0) is 15.2. The summed E-state index contributed by atoms with van der Waals surface area (Å²) >= 11 is 0. The number of rotatable bonds is 6. The summed E-state index contributed by atoms with van der Waals surface area (Å²) in [4.78, 5) is 4.05. The fourth-order valence-corrected chi connectivity index (χ4v) is 2.22. The maximum absolute atomic E-state index is 5.96. The molecule has 1 aromatic heterocycles. The Morgan fingerprint density at radius 1 is 1.14 bits per heavy atom. The number of hydrogen-bond donors (Lipinski definition) is 2. The molecule has 3 rings (SSSR count). The minimum absolute atomic E-state index is 0.557. The highest BCUT2D eigenvalue weighted by Crippen LogP contribution is 2.20. The van der Waals surface area contributed by atoms with Gasteiger partial charge >= 0.3 is 0 Å². The molecule has 0 atom stereocenters. The van der Waals surface area contributed by atoms with Crippen molar-refractivity contribution in [2.24, 2.45) is 0 Å². The van der Waals surface area contributed by atoms with E-state index in [9.17, 15) is 0 Å². The van der Waals surface area contributed by atoms with Gasteiger partial charge in [0, 0.05) is 12.1 Å². The van der Waals surface area contributed by atoms with Gasteiger partial charge in [-0.3, -0.25) is 0 Å². The topological polar surface area (TPSA) is 62.8 Å². The predicted octanol–water partition coefficient (Wildman–Crippen LogP) is 3.30. The second kappa shape index (κ2) is 6.76. The molecule has 5 heteroatoms. The van der Waals surface area contributed by atoms with Crippen LogP contribution in [0.15, 0.2) is 54.9 Å². The summed E-state index contributed by atoms with van der Waals surface area (Å²) < 4.78 is 5.96. The highest BCUT2D eigenvalue weighted by Gasteiger charge is 2.04. The number of benzene rings is 2. The Morgan fingerprint density at radius 2 is 2.05 bits per heavy atom. The fourth-order valence-electron chi connectivity index (χ4n) is 2.22. The first-order chi connectivity index (χ1) is 10.8. The first-order valence-corrected chi connectivity index (χ1v) is 7.17. The van der Waals surface area contributed by atoms with Gasteiger partial charge in [0.15, 0.2) is 0 Å². The van der Waals surface area contributed by atoms with E-state index in [1.54, 1.807) is 0 Å². The molecule has 22 heavy (non-hydrogen) atoms. The van der Waals surface area contributed by atoms with Crippen LogP contribution in [-0.2, 0) is 13.2 Å². The first-order valence-electron chi connectivity index (χ1n) is 7.17. The highest BCUT2D eigenvalue weighted by molar-refractivity contribution is 5.36. The number of anilines is 1. The molecule has 2 aromatic carbocycles. The molecule has 0 spiro atoms. The zero-order valence-electron chi connectivity index (χ0n) is 12.4. The molecule has 0 aliphatic heterocycles. The molecule has 0 fully saturated rings. The third-order valence-electron chi connectivity index (χ3n) is 3.31. The molecule has 0 aliphatic carbocycles. The molecule has 1 heterocycles. The van der Waals surface area contributed by atoms with Crippen LogP contribution >= 0.6 is 0 Å². The summed E-state index contributed by atoms with van der Waals surface area (Å²) in [6, 6.07) is 16.3. The molecule has 2 N–H and O–H groups in total. The standard InChI is InChI=1S/C17H18N4O/c1-13-5-4-6-14(9-13)11-22-16-8-3-2-7-15(16)10-18-17-19-12-20-21-17/h2-9,12H,10-11H2,1H3,(H2,18,19,20,21). The Kier molecular flexibility index (Phi) is 4.34. The largest absolute Gasteiger partial charge is 0.489 e. The summed E-state index contributed by atoms with van der Waals surface area (Å²) in [5, 5.41) is 9.77. The Bertz CT molecular complexity index is 725. The number of aromatic nitrogens is 3. The lowest BCUT2D eigenvalue weighted by atomic mass is 10.1. The third-order valence-corrected chi connectivity index (χ3v) is 3.31. The number of H-pyrrole nitrogens is 1. The van der Waals surface area contributed by atoms with Crippen LogP contribution in [0, 0.1) is 6.92 Å². The molecular formula is C17H18N4O. The van der Waals surface area contributed by atoms with Gasteiger partial charge in [-0.2, -0.15) is 5.10 Å². The van der Waals surface area contributed by atoms with Gasteiger partial charge in [-0.1, -0.05) is 48.0 Å². The highest BCUT2D eigenvalue weighted by atomic mass is 16.5. The maximum atomic E-state index is 5.96. The summed E-state index contributed by atoms with van der Waals surface area (Å²) in [6.45, 7) is 3.26. The quantitative estimate of drug-likeness (QED) is 0.732. The Balaban J connectivity index is 1.65. The van der Waals surface area contributed by atoms with Gasteiger partial charge in [-0.05, 0) is 18.6 Å². The van der Waals surface area contributed by atoms with Crippen LogP contribution < -0.4 is 10.1 Å². The van der Waals surface area contributed by atoms with Crippen molar-refractivity contribution in [2.75, 3.05) is 5.32 Å². The summed E-state index contributed by atoms with van der Waals surface area (Å²) in [5.74, 6) is 1.52. The molecule has 0 bridgehead atoms. The third kappa shape index (κ3) is 3.63. The molecule has 0 amide bonds. The lowest BCUT2D eigenvalue weighted by Crippen LogP contribution is -2.04. The van der Waals surface area contributed by atoms with E-state index in [0.717, 1.165) is 16.9 Å². The van der Waals surface area contributed by atoms with Crippen LogP contribution in [0.5, 0.6) is 5.75 Å². The minimum atomic E-state index is 0.557. The Hall–Kier alpha value is -2.82. The van der Waals surface area contributed by atoms with E-state index in [1.807, 2.05) is 30.3 Å². The number of para-hydroxylation sites is 1. The molecule has 3 aromatic rings. The zero-order valence-corrected chi connectivity index (χ0v) is 12.4. The van der Waals surface area contributed by atoms with Crippen molar-refractivity contribution >= 4 is 5.95 Å². The van der Waals surface area contributed by atoms with Crippen LogP contribution in [0.4, 0.5) is 5.95 Å². The number of aromatic amines is 1. The molecular weight excluding hydrogens is 276 g/mol. The first kappa shape index (κ1) is 14.1. The minimum Gasteiger partial charge on any atom is -0.489 e. The van der Waals surface area contributed by atoms with Crippen molar-refractivity contribution in [1.82, 2.24) is 15.2 Å². The molecule has 112 valence electrons. The number of nitrogens with zero attached hydrogens (tertiary/aromatic N) is 2. The molecule has 0 radical (unpaired) electrons. The van der Waals surface area contributed by atoms with Gasteiger partial charge in [-0.25, -0.2) is 10.1 Å². The Morgan fingerprint density at radius 3 is 2.86 bits per heavy atom. The average molecular weight is 294 g/mol. The van der Waals surface area contributed by atoms with E-state index in [4.69, 9.17) is 4.74 Å².